The fourth-order valence-corrected chi connectivity index (χ4v) is 1.94. The number of nitrogens with two attached hydrogens (primary N) is 1. The molecule has 1 aromatic heterocycles. The van der Waals surface area contributed by atoms with Crippen molar-refractivity contribution in [3.8, 4) is 0 Å². The summed E-state index contributed by atoms with van der Waals surface area (Å²) in [4.78, 5) is 0. The van der Waals surface area contributed by atoms with Crippen LogP contribution in [0.15, 0.2) is 10.6 Å². The Morgan fingerprint density at radius 3 is 2.73 bits per heavy atom. The topological polar surface area (TPSA) is 52.0 Å². The van der Waals surface area contributed by atoms with Gasteiger partial charge in [0.05, 0.1) is 10.4 Å². The summed E-state index contributed by atoms with van der Waals surface area (Å²) in [7, 11) is 0. The van der Waals surface area contributed by atoms with Crippen LogP contribution in [0.3, 0.4) is 0 Å². The molecule has 0 fully saturated rings. The summed E-state index contributed by atoms with van der Waals surface area (Å²) in [5.41, 5.74) is 8.53. The van der Waals surface area contributed by atoms with Crippen molar-refractivity contribution in [3.63, 3.8) is 0 Å². The molecule has 2 N–H and O–H groups in total. The van der Waals surface area contributed by atoms with E-state index in [1.165, 1.54) is 0 Å². The molecule has 0 spiro atoms. The first-order valence-electron chi connectivity index (χ1n) is 4.86. The van der Waals surface area contributed by atoms with Gasteiger partial charge in [-0.05, 0) is 18.4 Å². The molecule has 0 aliphatic heterocycles. The van der Waals surface area contributed by atoms with E-state index in [9.17, 15) is 0 Å². The Hall–Kier alpha value is -1.22. The average molecular weight is 225 g/mol. The molecule has 15 heavy (non-hydrogen) atoms. The van der Waals surface area contributed by atoms with Crippen LogP contribution in [0.5, 0.6) is 0 Å². The third kappa shape index (κ3) is 1.47. The third-order valence-electron chi connectivity index (χ3n) is 2.54. The molecule has 0 bridgehead atoms. The molecule has 0 saturated carbocycles. The molecule has 80 valence electrons. The minimum absolute atomic E-state index is 0.357. The van der Waals surface area contributed by atoms with Crippen LogP contribution >= 0.6 is 11.6 Å². The van der Waals surface area contributed by atoms with Gasteiger partial charge >= 0.3 is 0 Å². The zero-order valence-corrected chi connectivity index (χ0v) is 9.72. The van der Waals surface area contributed by atoms with E-state index >= 15 is 0 Å². The number of nitrogens with zero attached hydrogens (tertiary/aromatic N) is 1. The molecule has 0 amide bonds. The van der Waals surface area contributed by atoms with Crippen molar-refractivity contribution in [2.24, 2.45) is 0 Å². The lowest BCUT2D eigenvalue weighted by Gasteiger charge is -2.08. The van der Waals surface area contributed by atoms with E-state index in [4.69, 9.17) is 21.9 Å². The maximum Gasteiger partial charge on any atom is 0.176 e. The number of aryl methyl sites for hydroxylation is 1. The number of fused-ring (bicyclic) bond motifs is 1. The number of benzene rings is 1. The Labute approximate surface area is 93.2 Å². The van der Waals surface area contributed by atoms with Gasteiger partial charge < -0.3 is 10.3 Å². The molecule has 0 unspecified atom stereocenters. The molecule has 4 heteroatoms. The Morgan fingerprint density at radius 1 is 1.47 bits per heavy atom. The first kappa shape index (κ1) is 10.3. The lowest BCUT2D eigenvalue weighted by molar-refractivity contribution is 0.457. The van der Waals surface area contributed by atoms with E-state index in [2.05, 4.69) is 19.0 Å². The average Bonchev–Trinajstić information content (AvgIpc) is 2.54. The second kappa shape index (κ2) is 3.42. The molecule has 2 aromatic rings. The summed E-state index contributed by atoms with van der Waals surface area (Å²) in [6, 6.07) is 2.03. The van der Waals surface area contributed by atoms with Crippen LogP contribution in [0.2, 0.25) is 5.02 Å². The molecule has 1 heterocycles. The molecule has 1 aromatic carbocycles. The summed E-state index contributed by atoms with van der Waals surface area (Å²) < 4.78 is 5.22. The van der Waals surface area contributed by atoms with Crippen LogP contribution in [0, 0.1) is 6.92 Å². The van der Waals surface area contributed by atoms with Crippen molar-refractivity contribution in [2.45, 2.75) is 26.7 Å². The highest BCUT2D eigenvalue weighted by molar-refractivity contribution is 6.37. The highest BCUT2D eigenvalue weighted by Crippen LogP contribution is 2.36. The van der Waals surface area contributed by atoms with Crippen molar-refractivity contribution < 1.29 is 4.52 Å². The molecule has 0 atom stereocenters. The molecular weight excluding hydrogens is 212 g/mol. The van der Waals surface area contributed by atoms with Gasteiger partial charge in [0, 0.05) is 5.56 Å². The second-order valence-corrected chi connectivity index (χ2v) is 4.40. The van der Waals surface area contributed by atoms with E-state index in [1.54, 1.807) is 0 Å². The van der Waals surface area contributed by atoms with Crippen LogP contribution in [-0.4, -0.2) is 5.16 Å². The predicted octanol–water partition coefficient (Wildman–Crippen LogP) is 3.50. The minimum atomic E-state index is 0.357. The second-order valence-electron chi connectivity index (χ2n) is 4.02. The SMILES string of the molecule is Cc1cc(C(C)C)c2onc(N)c2c1Cl. The zero-order chi connectivity index (χ0) is 11.2. The summed E-state index contributed by atoms with van der Waals surface area (Å²) in [6.07, 6.45) is 0. The molecule has 0 aliphatic rings. The van der Waals surface area contributed by atoms with E-state index in [-0.39, 0.29) is 0 Å². The van der Waals surface area contributed by atoms with Crippen LogP contribution in [-0.2, 0) is 0 Å². The lowest BCUT2D eigenvalue weighted by atomic mass is 9.98. The first-order chi connectivity index (χ1) is 7.02. The molecule has 0 saturated heterocycles. The highest BCUT2D eigenvalue weighted by Gasteiger charge is 2.17. The smallest absolute Gasteiger partial charge is 0.176 e. The van der Waals surface area contributed by atoms with Gasteiger partial charge in [-0.3, -0.25) is 0 Å². The van der Waals surface area contributed by atoms with Gasteiger partial charge in [-0.15, -0.1) is 0 Å². The maximum atomic E-state index is 6.17. The standard InChI is InChI=1S/C11H13ClN2O/c1-5(2)7-4-6(3)9(12)8-10(7)15-14-11(8)13/h4-5H,1-3H3,(H2,13,14). The summed E-state index contributed by atoms with van der Waals surface area (Å²) in [6.45, 7) is 6.15. The molecular formula is C11H13ClN2O. The van der Waals surface area contributed by atoms with Crippen LogP contribution in [0.25, 0.3) is 11.0 Å². The predicted molar refractivity (Wildman–Crippen MR) is 62.3 cm³/mol. The van der Waals surface area contributed by atoms with Gasteiger partial charge in [-0.25, -0.2) is 0 Å². The summed E-state index contributed by atoms with van der Waals surface area (Å²) in [5.74, 6) is 0.719. The Bertz CT molecular complexity index is 517. The molecule has 3 nitrogen and oxygen atoms in total. The monoisotopic (exact) mass is 224 g/mol. The van der Waals surface area contributed by atoms with E-state index < -0.39 is 0 Å². The summed E-state index contributed by atoms with van der Waals surface area (Å²) in [5, 5.41) is 5.13. The zero-order valence-electron chi connectivity index (χ0n) is 8.97. The number of hydrogen-bond acceptors (Lipinski definition) is 3. The number of halogens is 1. The number of anilines is 1. The van der Waals surface area contributed by atoms with Crippen molar-refractivity contribution >= 4 is 28.4 Å². The van der Waals surface area contributed by atoms with Crippen molar-refractivity contribution in [3.05, 3.63) is 22.2 Å². The van der Waals surface area contributed by atoms with Crippen LogP contribution < -0.4 is 5.73 Å². The van der Waals surface area contributed by atoms with Crippen molar-refractivity contribution in [2.75, 3.05) is 5.73 Å². The number of nitrogen functional groups attached to an aromatic ring is 1. The largest absolute Gasteiger partial charge is 0.380 e. The number of hydrogen-bond donors (Lipinski definition) is 1. The highest BCUT2D eigenvalue weighted by atomic mass is 35.5. The molecule has 0 radical (unpaired) electrons. The maximum absolute atomic E-state index is 6.17. The quantitative estimate of drug-likeness (QED) is 0.807. The van der Waals surface area contributed by atoms with Crippen molar-refractivity contribution in [1.82, 2.24) is 5.16 Å². The van der Waals surface area contributed by atoms with Crippen LogP contribution in [0.1, 0.15) is 30.9 Å². The van der Waals surface area contributed by atoms with Crippen molar-refractivity contribution in [1.29, 1.82) is 0 Å². The van der Waals surface area contributed by atoms with E-state index in [0.29, 0.717) is 22.3 Å². The Balaban J connectivity index is 2.90. The van der Waals surface area contributed by atoms with Gasteiger partial charge in [0.1, 0.15) is 0 Å². The molecule has 2 rings (SSSR count). The van der Waals surface area contributed by atoms with Gasteiger partial charge in [-0.2, -0.15) is 0 Å². The van der Waals surface area contributed by atoms with Gasteiger partial charge in [-0.1, -0.05) is 36.7 Å². The Morgan fingerprint density at radius 2 is 2.13 bits per heavy atom. The molecule has 0 aliphatic carbocycles. The minimum Gasteiger partial charge on any atom is -0.380 e. The number of aromatic nitrogens is 1. The third-order valence-corrected chi connectivity index (χ3v) is 3.03. The van der Waals surface area contributed by atoms with E-state index in [0.717, 1.165) is 16.5 Å². The van der Waals surface area contributed by atoms with Gasteiger partial charge in [0.2, 0.25) is 0 Å². The van der Waals surface area contributed by atoms with Gasteiger partial charge in [0.25, 0.3) is 0 Å². The van der Waals surface area contributed by atoms with E-state index in [1.807, 2.05) is 13.0 Å². The van der Waals surface area contributed by atoms with Crippen LogP contribution in [0.4, 0.5) is 5.82 Å². The Kier molecular flexibility index (Phi) is 2.35. The fourth-order valence-electron chi connectivity index (χ4n) is 1.70. The number of rotatable bonds is 1. The normalized spacial score (nSPS) is 11.5. The first-order valence-corrected chi connectivity index (χ1v) is 5.24. The fraction of sp³-hybridized carbons (Fsp3) is 0.364. The lowest BCUT2D eigenvalue weighted by Crippen LogP contribution is -1.92. The van der Waals surface area contributed by atoms with Gasteiger partial charge in [0.15, 0.2) is 11.4 Å². The summed E-state index contributed by atoms with van der Waals surface area (Å²) >= 11 is 6.17.